The van der Waals surface area contributed by atoms with Crippen LogP contribution >= 0.6 is 0 Å². The number of carbonyl (C=O) groups is 1. The van der Waals surface area contributed by atoms with Crippen LogP contribution in [0.3, 0.4) is 0 Å². The van der Waals surface area contributed by atoms with Gasteiger partial charge in [-0.05, 0) is 43.2 Å². The van der Waals surface area contributed by atoms with E-state index in [2.05, 4.69) is 20.3 Å². The Kier molecular flexibility index (Phi) is 3.31. The smallest absolute Gasteiger partial charge is 0.258 e. The first kappa shape index (κ1) is 13.9. The predicted molar refractivity (Wildman–Crippen MR) is 88.2 cm³/mol. The minimum absolute atomic E-state index is 0.179. The highest BCUT2D eigenvalue weighted by atomic mass is 16.1. The molecule has 0 aromatic carbocycles. The van der Waals surface area contributed by atoms with Gasteiger partial charge in [-0.1, -0.05) is 0 Å². The largest absolute Gasteiger partial charge is 0.346 e. The molecule has 4 rings (SSSR count). The van der Waals surface area contributed by atoms with Crippen molar-refractivity contribution >= 4 is 22.8 Å². The third-order valence-electron chi connectivity index (χ3n) is 4.05. The fourth-order valence-corrected chi connectivity index (χ4v) is 2.67. The molecule has 6 nitrogen and oxygen atoms in total. The number of anilines is 1. The first-order valence-corrected chi connectivity index (χ1v) is 7.70. The lowest BCUT2D eigenvalue weighted by Gasteiger charge is -2.10. The highest BCUT2D eigenvalue weighted by Crippen LogP contribution is 2.40. The van der Waals surface area contributed by atoms with Crippen LogP contribution < -0.4 is 11.1 Å². The molecule has 6 heteroatoms. The lowest BCUT2D eigenvalue weighted by molar-refractivity contribution is 0.102. The average Bonchev–Trinajstić information content (AvgIpc) is 3.32. The highest BCUT2D eigenvalue weighted by Gasteiger charge is 2.30. The van der Waals surface area contributed by atoms with Gasteiger partial charge in [-0.15, -0.1) is 0 Å². The molecule has 0 unspecified atom stereocenters. The van der Waals surface area contributed by atoms with Gasteiger partial charge in [-0.3, -0.25) is 9.78 Å². The van der Waals surface area contributed by atoms with Gasteiger partial charge in [0.05, 0.1) is 17.0 Å². The molecule has 0 atom stereocenters. The molecule has 0 radical (unpaired) electrons. The van der Waals surface area contributed by atoms with Crippen molar-refractivity contribution in [1.29, 1.82) is 0 Å². The number of nitrogens with zero attached hydrogens (tertiary/aromatic N) is 2. The van der Waals surface area contributed by atoms with Crippen molar-refractivity contribution in [3.63, 3.8) is 0 Å². The summed E-state index contributed by atoms with van der Waals surface area (Å²) in [4.78, 5) is 24.6. The summed E-state index contributed by atoms with van der Waals surface area (Å²) in [5.41, 5.74) is 8.68. The van der Waals surface area contributed by atoms with Crippen LogP contribution in [0.25, 0.3) is 11.0 Å². The lowest BCUT2D eigenvalue weighted by Crippen LogP contribution is -2.17. The van der Waals surface area contributed by atoms with Gasteiger partial charge in [-0.2, -0.15) is 0 Å². The van der Waals surface area contributed by atoms with Crippen LogP contribution in [0.1, 0.15) is 40.5 Å². The topological polar surface area (TPSA) is 96.7 Å². The van der Waals surface area contributed by atoms with Gasteiger partial charge in [0.25, 0.3) is 5.91 Å². The number of fused-ring (bicyclic) bond motifs is 1. The van der Waals surface area contributed by atoms with Crippen molar-refractivity contribution in [1.82, 2.24) is 15.0 Å². The molecule has 1 amide bonds. The zero-order valence-electron chi connectivity index (χ0n) is 12.5. The zero-order chi connectivity index (χ0) is 15.8. The minimum atomic E-state index is -0.179. The fraction of sp³-hybridized carbons (Fsp3) is 0.235. The summed E-state index contributed by atoms with van der Waals surface area (Å²) >= 11 is 0. The fourth-order valence-electron chi connectivity index (χ4n) is 2.67. The van der Waals surface area contributed by atoms with Crippen molar-refractivity contribution in [3.8, 4) is 0 Å². The summed E-state index contributed by atoms with van der Waals surface area (Å²) in [6, 6.07) is 9.28. The van der Waals surface area contributed by atoms with E-state index < -0.39 is 0 Å². The molecule has 0 spiro atoms. The summed E-state index contributed by atoms with van der Waals surface area (Å²) < 4.78 is 0. The van der Waals surface area contributed by atoms with E-state index in [0.717, 1.165) is 35.3 Å². The molecule has 4 N–H and O–H groups in total. The van der Waals surface area contributed by atoms with Gasteiger partial charge in [0.15, 0.2) is 0 Å². The number of aromatic amines is 1. The molecule has 0 bridgehead atoms. The van der Waals surface area contributed by atoms with Crippen molar-refractivity contribution in [2.45, 2.75) is 25.3 Å². The number of rotatable bonds is 4. The van der Waals surface area contributed by atoms with E-state index >= 15 is 0 Å². The standard InChI is InChI=1S/C17H17N5O/c18-9-12-4-5-13(15(20-12)10-1-2-10)17(23)22-14-6-3-11-7-8-19-16(11)21-14/h3-8,10H,1-2,9,18H2,(H2,19,21,22,23). The van der Waals surface area contributed by atoms with Crippen LogP contribution in [0.5, 0.6) is 0 Å². The van der Waals surface area contributed by atoms with Crippen LogP contribution in [-0.4, -0.2) is 20.9 Å². The number of amides is 1. The van der Waals surface area contributed by atoms with Crippen molar-refractivity contribution in [2.24, 2.45) is 5.73 Å². The van der Waals surface area contributed by atoms with E-state index in [1.54, 1.807) is 6.07 Å². The molecule has 116 valence electrons. The third kappa shape index (κ3) is 2.68. The van der Waals surface area contributed by atoms with Crippen molar-refractivity contribution < 1.29 is 4.79 Å². The molecule has 1 aliphatic rings. The third-order valence-corrected chi connectivity index (χ3v) is 4.05. The number of nitrogens with one attached hydrogen (secondary N) is 2. The summed E-state index contributed by atoms with van der Waals surface area (Å²) in [6.45, 7) is 0.382. The Hall–Kier alpha value is -2.73. The Labute approximate surface area is 133 Å². The van der Waals surface area contributed by atoms with E-state index in [-0.39, 0.29) is 5.91 Å². The summed E-state index contributed by atoms with van der Waals surface area (Å²) in [7, 11) is 0. The predicted octanol–water partition coefficient (Wildman–Crippen LogP) is 2.55. The number of H-pyrrole nitrogens is 1. The van der Waals surface area contributed by atoms with Gasteiger partial charge in [-0.25, -0.2) is 4.98 Å². The average molecular weight is 307 g/mol. The Balaban J connectivity index is 1.63. The zero-order valence-corrected chi connectivity index (χ0v) is 12.5. The first-order chi connectivity index (χ1) is 11.2. The van der Waals surface area contributed by atoms with Crippen molar-refractivity contribution in [2.75, 3.05) is 5.32 Å². The molecular formula is C17H17N5O. The maximum absolute atomic E-state index is 12.6. The maximum Gasteiger partial charge on any atom is 0.258 e. The minimum Gasteiger partial charge on any atom is -0.346 e. The lowest BCUT2D eigenvalue weighted by atomic mass is 10.1. The van der Waals surface area contributed by atoms with E-state index in [0.29, 0.717) is 23.8 Å². The molecule has 1 aliphatic carbocycles. The molecule has 3 heterocycles. The first-order valence-electron chi connectivity index (χ1n) is 7.70. The number of aromatic nitrogens is 3. The van der Waals surface area contributed by atoms with E-state index in [1.807, 2.05) is 30.5 Å². The van der Waals surface area contributed by atoms with Gasteiger partial charge >= 0.3 is 0 Å². The number of pyridine rings is 2. The monoisotopic (exact) mass is 307 g/mol. The molecular weight excluding hydrogens is 290 g/mol. The SMILES string of the molecule is NCc1ccc(C(=O)Nc2ccc3cc[nH]c3n2)c(C2CC2)n1. The number of hydrogen-bond donors (Lipinski definition) is 3. The number of hydrogen-bond acceptors (Lipinski definition) is 4. The molecule has 0 aliphatic heterocycles. The summed E-state index contributed by atoms with van der Waals surface area (Å²) in [5.74, 6) is 0.720. The molecule has 3 aromatic heterocycles. The Morgan fingerprint density at radius 2 is 2.09 bits per heavy atom. The Morgan fingerprint density at radius 1 is 1.22 bits per heavy atom. The van der Waals surface area contributed by atoms with Crippen LogP contribution in [0, 0.1) is 0 Å². The molecule has 1 saturated carbocycles. The molecule has 3 aromatic rings. The second kappa shape index (κ2) is 5.48. The van der Waals surface area contributed by atoms with Gasteiger partial charge < -0.3 is 16.0 Å². The van der Waals surface area contributed by atoms with Crippen molar-refractivity contribution in [3.05, 3.63) is 53.5 Å². The van der Waals surface area contributed by atoms with Gasteiger partial charge in [0.1, 0.15) is 11.5 Å². The van der Waals surface area contributed by atoms with Crippen LogP contribution in [-0.2, 0) is 6.54 Å². The van der Waals surface area contributed by atoms with Crippen LogP contribution in [0.2, 0.25) is 0 Å². The van der Waals surface area contributed by atoms with Gasteiger partial charge in [0.2, 0.25) is 0 Å². The second-order valence-corrected chi connectivity index (χ2v) is 5.78. The van der Waals surface area contributed by atoms with Gasteiger partial charge in [0, 0.05) is 24.0 Å². The summed E-state index contributed by atoms with van der Waals surface area (Å²) in [5, 5.41) is 3.87. The molecule has 1 fully saturated rings. The number of carbonyl (C=O) groups excluding carboxylic acids is 1. The Morgan fingerprint density at radius 3 is 2.87 bits per heavy atom. The normalized spacial score (nSPS) is 14.1. The highest BCUT2D eigenvalue weighted by molar-refractivity contribution is 6.05. The van der Waals surface area contributed by atoms with E-state index in [9.17, 15) is 4.79 Å². The quantitative estimate of drug-likeness (QED) is 0.690. The Bertz CT molecular complexity index is 882. The molecule has 23 heavy (non-hydrogen) atoms. The summed E-state index contributed by atoms with van der Waals surface area (Å²) in [6.07, 6.45) is 3.98. The maximum atomic E-state index is 12.6. The molecule has 0 saturated heterocycles. The van der Waals surface area contributed by atoms with E-state index in [1.165, 1.54) is 0 Å². The number of nitrogens with two attached hydrogens (primary N) is 1. The van der Waals surface area contributed by atoms with E-state index in [4.69, 9.17) is 5.73 Å². The second-order valence-electron chi connectivity index (χ2n) is 5.78. The van der Waals surface area contributed by atoms with Crippen LogP contribution in [0.4, 0.5) is 5.82 Å². The van der Waals surface area contributed by atoms with Crippen LogP contribution in [0.15, 0.2) is 36.5 Å².